The van der Waals surface area contributed by atoms with Crippen molar-refractivity contribution in [1.82, 2.24) is 0 Å². The molecule has 0 heterocycles. The molecular formula is C15H11ClFN2O4-. The molecule has 0 aromatic heterocycles. The molecule has 0 aliphatic rings. The maximum absolute atomic E-state index is 13.3. The maximum Gasteiger partial charge on any atom is 0.263 e. The molecule has 2 aromatic rings. The van der Waals surface area contributed by atoms with E-state index >= 15 is 0 Å². The molecule has 0 aliphatic heterocycles. The lowest BCUT2D eigenvalue weighted by atomic mass is 10.2. The molecule has 0 N–H and O–H groups in total. The minimum Gasteiger partial charge on any atom is -0.867 e. The number of nitrogens with zero attached hydrogens (tertiary/aromatic N) is 2. The molecule has 0 radical (unpaired) electrons. The van der Waals surface area contributed by atoms with E-state index in [-0.39, 0.29) is 29.5 Å². The second-order valence-electron chi connectivity index (χ2n) is 4.41. The number of nitro groups is 1. The molecule has 120 valence electrons. The zero-order valence-electron chi connectivity index (χ0n) is 11.7. The third-order valence-electron chi connectivity index (χ3n) is 2.80. The molecule has 0 amide bonds. The molecule has 2 rings (SSSR count). The molecule has 0 fully saturated rings. The Balaban J connectivity index is 1.99. The fraction of sp³-hybridized carbons (Fsp3) is 0.133. The van der Waals surface area contributed by atoms with Gasteiger partial charge >= 0.3 is 0 Å². The van der Waals surface area contributed by atoms with Gasteiger partial charge in [-0.2, -0.15) is 0 Å². The molecule has 0 saturated heterocycles. The zero-order chi connectivity index (χ0) is 16.8. The number of halogens is 2. The molecule has 6 nitrogen and oxygen atoms in total. The van der Waals surface area contributed by atoms with Crippen LogP contribution in [0.5, 0.6) is 11.5 Å². The fourth-order valence-electron chi connectivity index (χ4n) is 1.76. The van der Waals surface area contributed by atoms with Gasteiger partial charge < -0.3 is 9.84 Å². The molecule has 0 bridgehead atoms. The molecule has 8 heteroatoms. The molecule has 0 aliphatic carbocycles. The summed E-state index contributed by atoms with van der Waals surface area (Å²) in [6, 6.07) is 8.21. The van der Waals surface area contributed by atoms with Gasteiger partial charge in [0.2, 0.25) is 0 Å². The van der Waals surface area contributed by atoms with Crippen molar-refractivity contribution in [3.63, 3.8) is 0 Å². The standard InChI is InChI=1S/C15H12ClFN2O4/c16-11-7-10(15(20)13(8-11)19(21)22)9-18-5-6-23-14-4-2-1-3-12(14)17/h1-4,7-9,20H,5-6H2/p-1. The van der Waals surface area contributed by atoms with Gasteiger partial charge in [-0.05, 0) is 29.5 Å². The van der Waals surface area contributed by atoms with E-state index in [1.807, 2.05) is 0 Å². The SMILES string of the molecule is O=[N+]([O-])c1cc(Cl)cc(C=NCCOc2ccccc2F)c1[O-]. The lowest BCUT2D eigenvalue weighted by molar-refractivity contribution is -0.398. The van der Waals surface area contributed by atoms with Gasteiger partial charge in [0, 0.05) is 17.3 Å². The van der Waals surface area contributed by atoms with Crippen molar-refractivity contribution in [2.45, 2.75) is 0 Å². The summed E-state index contributed by atoms with van der Waals surface area (Å²) in [5.74, 6) is -1.15. The number of benzene rings is 2. The minimum atomic E-state index is -0.799. The molecular weight excluding hydrogens is 327 g/mol. The Morgan fingerprint density at radius 2 is 2.09 bits per heavy atom. The summed E-state index contributed by atoms with van der Waals surface area (Å²) < 4.78 is 18.5. The average molecular weight is 338 g/mol. The van der Waals surface area contributed by atoms with Crippen LogP contribution in [0.15, 0.2) is 41.4 Å². The van der Waals surface area contributed by atoms with Gasteiger partial charge in [-0.1, -0.05) is 23.7 Å². The van der Waals surface area contributed by atoms with Gasteiger partial charge in [0.15, 0.2) is 11.6 Å². The van der Waals surface area contributed by atoms with Crippen molar-refractivity contribution in [1.29, 1.82) is 0 Å². The lowest BCUT2D eigenvalue weighted by Gasteiger charge is -2.10. The first-order valence-electron chi connectivity index (χ1n) is 6.51. The smallest absolute Gasteiger partial charge is 0.263 e. The average Bonchev–Trinajstić information content (AvgIpc) is 2.51. The van der Waals surface area contributed by atoms with Crippen LogP contribution in [-0.4, -0.2) is 24.3 Å². The highest BCUT2D eigenvalue weighted by atomic mass is 35.5. The highest BCUT2D eigenvalue weighted by Gasteiger charge is 2.11. The first-order chi connectivity index (χ1) is 11.0. The van der Waals surface area contributed by atoms with E-state index in [9.17, 15) is 19.6 Å². The quantitative estimate of drug-likeness (QED) is 0.351. The predicted molar refractivity (Wildman–Crippen MR) is 81.9 cm³/mol. The Bertz CT molecular complexity index is 752. The Morgan fingerprint density at radius 3 is 2.78 bits per heavy atom. The van der Waals surface area contributed by atoms with Crippen LogP contribution in [0.4, 0.5) is 10.1 Å². The number of hydrogen-bond acceptors (Lipinski definition) is 5. The topological polar surface area (TPSA) is 87.8 Å². The van der Waals surface area contributed by atoms with Crippen molar-refractivity contribution in [2.75, 3.05) is 13.2 Å². The van der Waals surface area contributed by atoms with Gasteiger partial charge in [-0.25, -0.2) is 4.39 Å². The molecule has 0 spiro atoms. The van der Waals surface area contributed by atoms with Crippen molar-refractivity contribution in [3.05, 3.63) is 62.9 Å². The van der Waals surface area contributed by atoms with E-state index in [0.29, 0.717) is 0 Å². The van der Waals surface area contributed by atoms with E-state index in [1.54, 1.807) is 12.1 Å². The van der Waals surface area contributed by atoms with E-state index in [1.165, 1.54) is 24.4 Å². The summed E-state index contributed by atoms with van der Waals surface area (Å²) in [6.45, 7) is 0.238. The predicted octanol–water partition coefficient (Wildman–Crippen LogP) is 2.96. The maximum atomic E-state index is 13.3. The largest absolute Gasteiger partial charge is 0.867 e. The van der Waals surface area contributed by atoms with E-state index in [2.05, 4.69) is 4.99 Å². The second-order valence-corrected chi connectivity index (χ2v) is 4.85. The van der Waals surface area contributed by atoms with Gasteiger partial charge in [-0.3, -0.25) is 15.1 Å². The number of ether oxygens (including phenoxy) is 1. The Hall–Kier alpha value is -2.67. The summed E-state index contributed by atoms with van der Waals surface area (Å²) in [4.78, 5) is 13.9. The van der Waals surface area contributed by atoms with Gasteiger partial charge in [-0.15, -0.1) is 0 Å². The van der Waals surface area contributed by atoms with Crippen LogP contribution in [0.1, 0.15) is 5.56 Å². The number of para-hydroxylation sites is 1. The number of nitro benzene ring substituents is 1. The molecule has 0 atom stereocenters. The van der Waals surface area contributed by atoms with Gasteiger partial charge in [0.1, 0.15) is 6.61 Å². The van der Waals surface area contributed by atoms with Crippen LogP contribution >= 0.6 is 11.6 Å². The zero-order valence-corrected chi connectivity index (χ0v) is 12.5. The Kier molecular flexibility index (Phi) is 5.48. The lowest BCUT2D eigenvalue weighted by Crippen LogP contribution is -2.04. The van der Waals surface area contributed by atoms with E-state index < -0.39 is 22.2 Å². The van der Waals surface area contributed by atoms with Gasteiger partial charge in [0.25, 0.3) is 5.69 Å². The first-order valence-corrected chi connectivity index (χ1v) is 6.89. The summed E-state index contributed by atoms with van der Waals surface area (Å²) in [5, 5.41) is 22.6. The molecule has 0 saturated carbocycles. The van der Waals surface area contributed by atoms with E-state index in [4.69, 9.17) is 16.3 Å². The monoisotopic (exact) mass is 337 g/mol. The van der Waals surface area contributed by atoms with Crippen LogP contribution in [0.3, 0.4) is 0 Å². The second kappa shape index (κ2) is 7.55. The van der Waals surface area contributed by atoms with Crippen LogP contribution in [0.25, 0.3) is 0 Å². The van der Waals surface area contributed by atoms with Crippen LogP contribution in [-0.2, 0) is 0 Å². The van der Waals surface area contributed by atoms with Crippen molar-refractivity contribution < 1.29 is 19.2 Å². The van der Waals surface area contributed by atoms with Gasteiger partial charge in [0.05, 0.1) is 11.5 Å². The summed E-state index contributed by atoms with van der Waals surface area (Å²) >= 11 is 5.73. The molecule has 23 heavy (non-hydrogen) atoms. The van der Waals surface area contributed by atoms with Crippen molar-refractivity contribution in [3.8, 4) is 11.5 Å². The van der Waals surface area contributed by atoms with E-state index in [0.717, 1.165) is 6.07 Å². The first kappa shape index (κ1) is 16.7. The summed E-state index contributed by atoms with van der Waals surface area (Å²) in [5.41, 5.74) is -0.600. The van der Waals surface area contributed by atoms with Crippen LogP contribution in [0, 0.1) is 15.9 Å². The number of hydrogen-bond donors (Lipinski definition) is 0. The van der Waals surface area contributed by atoms with Crippen molar-refractivity contribution in [2.24, 2.45) is 4.99 Å². The summed E-state index contributed by atoms with van der Waals surface area (Å²) in [6.07, 6.45) is 1.19. The Labute approximate surface area is 136 Å². The van der Waals surface area contributed by atoms with Crippen LogP contribution in [0.2, 0.25) is 5.02 Å². The van der Waals surface area contributed by atoms with Crippen molar-refractivity contribution >= 4 is 23.5 Å². The third-order valence-corrected chi connectivity index (χ3v) is 3.02. The Morgan fingerprint density at radius 1 is 1.35 bits per heavy atom. The highest BCUT2D eigenvalue weighted by molar-refractivity contribution is 6.31. The minimum absolute atomic E-state index is 0.00934. The molecule has 2 aromatic carbocycles. The fourth-order valence-corrected chi connectivity index (χ4v) is 1.99. The van der Waals surface area contributed by atoms with Crippen LogP contribution < -0.4 is 9.84 Å². The highest BCUT2D eigenvalue weighted by Crippen LogP contribution is 2.29. The normalized spacial score (nSPS) is 10.9. The molecule has 0 unspecified atom stereocenters. The third kappa shape index (κ3) is 4.40. The number of rotatable bonds is 6. The summed E-state index contributed by atoms with van der Waals surface area (Å²) in [7, 11) is 0. The number of aliphatic imine (C=N–C) groups is 1.